The van der Waals surface area contributed by atoms with Gasteiger partial charge in [-0.3, -0.25) is 5.10 Å². The normalized spacial score (nSPS) is 24.7. The summed E-state index contributed by atoms with van der Waals surface area (Å²) in [6, 6.07) is 1.52. The van der Waals surface area contributed by atoms with Crippen molar-refractivity contribution in [3.63, 3.8) is 0 Å². The fraction of sp³-hybridized carbons (Fsp3) is 0.750. The minimum Gasteiger partial charge on any atom is -0.266 e. The Morgan fingerprint density at radius 1 is 1.17 bits per heavy atom. The van der Waals surface area contributed by atoms with Crippen LogP contribution in [0.3, 0.4) is 0 Å². The molecule has 0 atom stereocenters. The zero-order chi connectivity index (χ0) is 12.6. The Bertz CT molecular complexity index is 493. The lowest BCUT2D eigenvalue weighted by molar-refractivity contribution is 0.160. The van der Waals surface area contributed by atoms with Crippen LogP contribution in [0.25, 0.3) is 0 Å². The molecule has 2 fully saturated rings. The van der Waals surface area contributed by atoms with E-state index in [0.29, 0.717) is 18.5 Å². The van der Waals surface area contributed by atoms with Gasteiger partial charge in [-0.25, -0.2) is 8.42 Å². The van der Waals surface area contributed by atoms with Gasteiger partial charge in [0.25, 0.3) is 10.0 Å². The van der Waals surface area contributed by atoms with Gasteiger partial charge < -0.3 is 0 Å². The van der Waals surface area contributed by atoms with Gasteiger partial charge in [-0.15, -0.1) is 0 Å². The van der Waals surface area contributed by atoms with Crippen molar-refractivity contribution in [2.75, 3.05) is 13.1 Å². The number of rotatable bonds is 2. The molecule has 1 saturated heterocycles. The largest absolute Gasteiger partial charge is 0.266 e. The number of H-pyrrole nitrogens is 1. The van der Waals surface area contributed by atoms with Crippen LogP contribution >= 0.6 is 0 Å². The first-order valence-electron chi connectivity index (χ1n) is 6.62. The maximum absolute atomic E-state index is 12.3. The maximum atomic E-state index is 12.3. The van der Waals surface area contributed by atoms with Crippen LogP contribution in [0.2, 0.25) is 0 Å². The predicted molar refractivity (Wildman–Crippen MR) is 67.5 cm³/mol. The average Bonchev–Trinajstić information content (AvgIpc) is 3.01. The van der Waals surface area contributed by atoms with E-state index in [2.05, 4.69) is 10.2 Å². The number of sulfonamides is 1. The summed E-state index contributed by atoms with van der Waals surface area (Å²) >= 11 is 0. The number of aromatic amines is 1. The summed E-state index contributed by atoms with van der Waals surface area (Å²) in [5.41, 5.74) is 0.444. The minimum absolute atomic E-state index is 0.213. The Labute approximate surface area is 108 Å². The first-order valence-corrected chi connectivity index (χ1v) is 8.06. The first kappa shape index (κ1) is 12.2. The van der Waals surface area contributed by atoms with Crippen LogP contribution in [-0.2, 0) is 10.0 Å². The molecule has 0 bridgehead atoms. The highest BCUT2D eigenvalue weighted by Gasteiger charge is 2.40. The van der Waals surface area contributed by atoms with Gasteiger partial charge >= 0.3 is 0 Å². The van der Waals surface area contributed by atoms with Crippen LogP contribution < -0.4 is 0 Å². The SMILES string of the molecule is O=S(=O)(c1ccn[nH]1)N1CCC2(CCCC2)CC1. The van der Waals surface area contributed by atoms with E-state index in [0.717, 1.165) is 12.8 Å². The fourth-order valence-corrected chi connectivity index (χ4v) is 4.69. The lowest BCUT2D eigenvalue weighted by Gasteiger charge is -2.38. The van der Waals surface area contributed by atoms with Gasteiger partial charge in [-0.2, -0.15) is 9.40 Å². The predicted octanol–water partition coefficient (Wildman–Crippen LogP) is 1.75. The quantitative estimate of drug-likeness (QED) is 0.889. The zero-order valence-electron chi connectivity index (χ0n) is 10.4. The standard InChI is InChI=1S/C12H19N3O2S/c16-18(17,11-3-8-13-14-11)15-9-6-12(7-10-15)4-1-2-5-12/h3,8H,1-2,4-7,9-10H2,(H,13,14). The lowest BCUT2D eigenvalue weighted by atomic mass is 9.78. The molecule has 0 aromatic carbocycles. The Morgan fingerprint density at radius 2 is 1.83 bits per heavy atom. The molecular weight excluding hydrogens is 250 g/mol. The number of hydrogen-bond acceptors (Lipinski definition) is 3. The van der Waals surface area contributed by atoms with Gasteiger partial charge in [0.1, 0.15) is 0 Å². The van der Waals surface area contributed by atoms with Gasteiger partial charge in [0.2, 0.25) is 0 Å². The fourth-order valence-electron chi connectivity index (χ4n) is 3.35. The van der Waals surface area contributed by atoms with E-state index in [9.17, 15) is 8.42 Å². The third-order valence-electron chi connectivity index (χ3n) is 4.54. The van der Waals surface area contributed by atoms with Crippen molar-refractivity contribution in [2.45, 2.75) is 43.6 Å². The first-order chi connectivity index (χ1) is 8.62. The van der Waals surface area contributed by atoms with Gasteiger partial charge in [-0.1, -0.05) is 12.8 Å². The van der Waals surface area contributed by atoms with Gasteiger partial charge in [-0.05, 0) is 37.2 Å². The molecule has 18 heavy (non-hydrogen) atoms. The Kier molecular flexibility index (Phi) is 2.94. The molecule has 1 N–H and O–H groups in total. The summed E-state index contributed by atoms with van der Waals surface area (Å²) in [5.74, 6) is 0. The number of nitrogens with zero attached hydrogens (tertiary/aromatic N) is 2. The van der Waals surface area contributed by atoms with Crippen LogP contribution in [0.15, 0.2) is 17.3 Å². The molecule has 3 rings (SSSR count). The highest BCUT2D eigenvalue weighted by molar-refractivity contribution is 7.89. The summed E-state index contributed by atoms with van der Waals surface area (Å²) in [6.07, 6.45) is 8.70. The van der Waals surface area contributed by atoms with E-state index in [4.69, 9.17) is 0 Å². The molecule has 1 aromatic rings. The third kappa shape index (κ3) is 1.97. The number of aromatic nitrogens is 2. The van der Waals surface area contributed by atoms with E-state index < -0.39 is 10.0 Å². The maximum Gasteiger partial charge on any atom is 0.259 e. The highest BCUT2D eigenvalue weighted by Crippen LogP contribution is 2.46. The number of hydrogen-bond donors (Lipinski definition) is 1. The molecule has 2 heterocycles. The van der Waals surface area contributed by atoms with E-state index in [1.807, 2.05) is 0 Å². The van der Waals surface area contributed by atoms with Crippen LogP contribution in [0.5, 0.6) is 0 Å². The van der Waals surface area contributed by atoms with Gasteiger partial charge in [0.15, 0.2) is 5.03 Å². The molecule has 1 saturated carbocycles. The van der Waals surface area contributed by atoms with Crippen molar-refractivity contribution in [3.8, 4) is 0 Å². The molecule has 6 heteroatoms. The molecule has 5 nitrogen and oxygen atoms in total. The molecule has 1 aromatic heterocycles. The molecule has 0 unspecified atom stereocenters. The van der Waals surface area contributed by atoms with Crippen molar-refractivity contribution in [3.05, 3.63) is 12.3 Å². The molecule has 0 radical (unpaired) electrons. The van der Waals surface area contributed by atoms with Crippen LogP contribution in [-0.4, -0.2) is 36.0 Å². The molecule has 1 spiro atoms. The van der Waals surface area contributed by atoms with Crippen molar-refractivity contribution in [2.24, 2.45) is 5.41 Å². The second-order valence-corrected chi connectivity index (χ2v) is 7.44. The van der Waals surface area contributed by atoms with Gasteiger partial charge in [0, 0.05) is 13.1 Å². The molecule has 2 aliphatic rings. The third-order valence-corrected chi connectivity index (χ3v) is 6.37. The topological polar surface area (TPSA) is 66.1 Å². The Morgan fingerprint density at radius 3 is 2.39 bits per heavy atom. The summed E-state index contributed by atoms with van der Waals surface area (Å²) in [5, 5.41) is 6.49. The summed E-state index contributed by atoms with van der Waals surface area (Å²) in [6.45, 7) is 1.31. The Balaban J connectivity index is 1.73. The van der Waals surface area contributed by atoms with E-state index >= 15 is 0 Å². The average molecular weight is 269 g/mol. The highest BCUT2D eigenvalue weighted by atomic mass is 32.2. The molecular formula is C12H19N3O2S. The Hall–Kier alpha value is -0.880. The van der Waals surface area contributed by atoms with E-state index in [1.54, 1.807) is 4.31 Å². The molecule has 100 valence electrons. The van der Waals surface area contributed by atoms with Crippen LogP contribution in [0.1, 0.15) is 38.5 Å². The molecule has 0 amide bonds. The van der Waals surface area contributed by atoms with Crippen molar-refractivity contribution in [1.82, 2.24) is 14.5 Å². The second-order valence-electron chi connectivity index (χ2n) is 5.53. The van der Waals surface area contributed by atoms with Crippen LogP contribution in [0.4, 0.5) is 0 Å². The molecule has 1 aliphatic heterocycles. The summed E-state index contributed by atoms with van der Waals surface area (Å²) in [4.78, 5) is 0. The lowest BCUT2D eigenvalue weighted by Crippen LogP contribution is -2.42. The van der Waals surface area contributed by atoms with Gasteiger partial charge in [0.05, 0.1) is 6.20 Å². The van der Waals surface area contributed by atoms with E-state index in [1.165, 1.54) is 37.9 Å². The summed E-state index contributed by atoms with van der Waals surface area (Å²) < 4.78 is 26.2. The second kappa shape index (κ2) is 4.35. The molecule has 1 aliphatic carbocycles. The zero-order valence-corrected chi connectivity index (χ0v) is 11.2. The monoisotopic (exact) mass is 269 g/mol. The van der Waals surface area contributed by atoms with Crippen molar-refractivity contribution < 1.29 is 8.42 Å². The number of nitrogens with one attached hydrogen (secondary N) is 1. The summed E-state index contributed by atoms with van der Waals surface area (Å²) in [7, 11) is -3.35. The van der Waals surface area contributed by atoms with Crippen LogP contribution in [0, 0.1) is 5.41 Å². The van der Waals surface area contributed by atoms with E-state index in [-0.39, 0.29) is 5.03 Å². The smallest absolute Gasteiger partial charge is 0.259 e. The number of piperidine rings is 1. The van der Waals surface area contributed by atoms with Crippen molar-refractivity contribution in [1.29, 1.82) is 0 Å². The minimum atomic E-state index is -3.35. The van der Waals surface area contributed by atoms with Crippen molar-refractivity contribution >= 4 is 10.0 Å².